The van der Waals surface area contributed by atoms with E-state index in [2.05, 4.69) is 10.6 Å². The van der Waals surface area contributed by atoms with Crippen molar-refractivity contribution in [1.82, 2.24) is 10.2 Å². The predicted octanol–water partition coefficient (Wildman–Crippen LogP) is 1.68. The summed E-state index contributed by atoms with van der Waals surface area (Å²) in [6.07, 6.45) is 0. The number of benzene rings is 1. The average molecular weight is 265 g/mol. The van der Waals surface area contributed by atoms with Crippen LogP contribution in [0.15, 0.2) is 18.2 Å². The molecule has 0 fully saturated rings. The number of anilines is 1. The number of aryl methyl sites for hydroxylation is 1. The van der Waals surface area contributed by atoms with E-state index < -0.39 is 0 Å². The molecular weight excluding hydrogens is 246 g/mol. The number of carbonyl (C=O) groups is 1. The van der Waals surface area contributed by atoms with Crippen molar-refractivity contribution in [2.24, 2.45) is 0 Å². The van der Waals surface area contributed by atoms with Gasteiger partial charge in [0.2, 0.25) is 5.91 Å². The largest absolute Gasteiger partial charge is 0.353 e. The van der Waals surface area contributed by atoms with Gasteiger partial charge < -0.3 is 15.5 Å². The van der Waals surface area contributed by atoms with E-state index in [9.17, 15) is 4.79 Å². The van der Waals surface area contributed by atoms with Crippen molar-refractivity contribution in [3.63, 3.8) is 0 Å². The van der Waals surface area contributed by atoms with Gasteiger partial charge in [-0.1, -0.05) is 12.1 Å². The highest BCUT2D eigenvalue weighted by molar-refractivity contribution is 7.80. The molecule has 1 rings (SSSR count). The minimum atomic E-state index is -0.0138. The van der Waals surface area contributed by atoms with E-state index in [4.69, 9.17) is 12.2 Å². The minimum absolute atomic E-state index is 0.0138. The third-order valence-electron chi connectivity index (χ3n) is 2.75. The van der Waals surface area contributed by atoms with Gasteiger partial charge in [-0.2, -0.15) is 0 Å². The zero-order chi connectivity index (χ0) is 13.7. The van der Waals surface area contributed by atoms with Gasteiger partial charge in [0.05, 0.1) is 6.54 Å². The van der Waals surface area contributed by atoms with Gasteiger partial charge in [0.25, 0.3) is 0 Å². The van der Waals surface area contributed by atoms with Crippen LogP contribution in [0.5, 0.6) is 0 Å². The normalized spacial score (nSPS) is 9.78. The van der Waals surface area contributed by atoms with Crippen LogP contribution in [0.3, 0.4) is 0 Å². The second kappa shape index (κ2) is 6.35. The van der Waals surface area contributed by atoms with E-state index in [0.717, 1.165) is 11.3 Å². The molecule has 98 valence electrons. The summed E-state index contributed by atoms with van der Waals surface area (Å²) in [6, 6.07) is 5.98. The van der Waals surface area contributed by atoms with E-state index in [1.807, 2.05) is 32.0 Å². The number of likely N-dealkylation sites (N-methyl/N-ethyl adjacent to an activating group) is 1. The van der Waals surface area contributed by atoms with Crippen LogP contribution in [0.4, 0.5) is 5.69 Å². The van der Waals surface area contributed by atoms with Gasteiger partial charge in [-0.3, -0.25) is 4.79 Å². The summed E-state index contributed by atoms with van der Waals surface area (Å²) in [5.74, 6) is -0.0138. The highest BCUT2D eigenvalue weighted by Crippen LogP contribution is 2.17. The van der Waals surface area contributed by atoms with Crippen LogP contribution >= 0.6 is 12.2 Å². The molecule has 0 atom stereocenters. The van der Waals surface area contributed by atoms with E-state index in [1.165, 1.54) is 10.5 Å². The number of nitrogens with zero attached hydrogens (tertiary/aromatic N) is 1. The number of rotatable bonds is 3. The Morgan fingerprint density at radius 3 is 2.61 bits per heavy atom. The molecule has 2 N–H and O–H groups in total. The van der Waals surface area contributed by atoms with Gasteiger partial charge in [0.15, 0.2) is 5.11 Å². The molecular formula is C13H19N3OS. The molecule has 0 heterocycles. The predicted molar refractivity (Wildman–Crippen MR) is 78.8 cm³/mol. The van der Waals surface area contributed by atoms with Crippen molar-refractivity contribution < 1.29 is 4.79 Å². The monoisotopic (exact) mass is 265 g/mol. The van der Waals surface area contributed by atoms with Crippen molar-refractivity contribution in [3.8, 4) is 0 Å². The van der Waals surface area contributed by atoms with Crippen LogP contribution in [0.1, 0.15) is 11.1 Å². The van der Waals surface area contributed by atoms with Crippen molar-refractivity contribution in [3.05, 3.63) is 29.3 Å². The molecule has 0 saturated heterocycles. The van der Waals surface area contributed by atoms with Crippen molar-refractivity contribution in [1.29, 1.82) is 0 Å². The number of thiocarbonyl (C=S) groups is 1. The van der Waals surface area contributed by atoms with Gasteiger partial charge in [0.1, 0.15) is 0 Å². The molecule has 4 nitrogen and oxygen atoms in total. The number of carbonyl (C=O) groups excluding carboxylic acids is 1. The summed E-state index contributed by atoms with van der Waals surface area (Å²) >= 11 is 5.15. The van der Waals surface area contributed by atoms with Crippen LogP contribution in [-0.2, 0) is 4.79 Å². The van der Waals surface area contributed by atoms with Crippen LogP contribution in [0.2, 0.25) is 0 Å². The number of hydrogen-bond acceptors (Lipinski definition) is 2. The fraction of sp³-hybridized carbons (Fsp3) is 0.385. The Hall–Kier alpha value is -1.62. The minimum Gasteiger partial charge on any atom is -0.353 e. The molecule has 0 saturated carbocycles. The zero-order valence-electron chi connectivity index (χ0n) is 11.2. The Morgan fingerprint density at radius 1 is 1.33 bits per heavy atom. The van der Waals surface area contributed by atoms with Gasteiger partial charge in [-0.05, 0) is 43.3 Å². The molecule has 5 heteroatoms. The summed E-state index contributed by atoms with van der Waals surface area (Å²) in [4.78, 5) is 12.9. The Balaban J connectivity index is 2.55. The molecule has 0 aliphatic carbocycles. The van der Waals surface area contributed by atoms with Crippen LogP contribution in [0, 0.1) is 13.8 Å². The molecule has 0 unspecified atom stereocenters. The first kappa shape index (κ1) is 14.4. The molecule has 0 aliphatic rings. The lowest BCUT2D eigenvalue weighted by atomic mass is 10.1. The first-order valence-electron chi connectivity index (χ1n) is 5.73. The Bertz CT molecular complexity index is 458. The third-order valence-corrected chi connectivity index (χ3v) is 3.00. The van der Waals surface area contributed by atoms with Gasteiger partial charge in [-0.25, -0.2) is 0 Å². The van der Waals surface area contributed by atoms with Gasteiger partial charge in [0, 0.05) is 19.8 Å². The lowest BCUT2D eigenvalue weighted by Gasteiger charge is -2.15. The average Bonchev–Trinajstić information content (AvgIpc) is 2.32. The molecule has 1 amide bonds. The standard InChI is InChI=1S/C13H19N3OS/c1-9-6-5-7-11(10(9)2)15-13(18)14-8-12(17)16(3)4/h5-7H,8H2,1-4H3,(H2,14,15,18). The van der Waals surface area contributed by atoms with E-state index >= 15 is 0 Å². The van der Waals surface area contributed by atoms with Crippen LogP contribution < -0.4 is 10.6 Å². The second-order valence-corrected chi connectivity index (χ2v) is 4.75. The number of hydrogen-bond donors (Lipinski definition) is 2. The smallest absolute Gasteiger partial charge is 0.241 e. The summed E-state index contributed by atoms with van der Waals surface area (Å²) in [5.41, 5.74) is 3.32. The summed E-state index contributed by atoms with van der Waals surface area (Å²) in [7, 11) is 3.43. The number of nitrogens with one attached hydrogen (secondary N) is 2. The SMILES string of the molecule is Cc1cccc(NC(=S)NCC(=O)N(C)C)c1C. The molecule has 0 aliphatic heterocycles. The van der Waals surface area contributed by atoms with Crippen molar-refractivity contribution in [2.45, 2.75) is 13.8 Å². The maximum atomic E-state index is 11.4. The highest BCUT2D eigenvalue weighted by Gasteiger charge is 2.06. The Labute approximate surface area is 113 Å². The van der Waals surface area contributed by atoms with E-state index in [1.54, 1.807) is 14.1 Å². The quantitative estimate of drug-likeness (QED) is 0.816. The first-order valence-corrected chi connectivity index (χ1v) is 6.14. The highest BCUT2D eigenvalue weighted by atomic mass is 32.1. The van der Waals surface area contributed by atoms with E-state index in [-0.39, 0.29) is 12.5 Å². The fourth-order valence-electron chi connectivity index (χ4n) is 1.37. The summed E-state index contributed by atoms with van der Waals surface area (Å²) in [6.45, 7) is 4.28. The van der Waals surface area contributed by atoms with Gasteiger partial charge >= 0.3 is 0 Å². The maximum absolute atomic E-state index is 11.4. The molecule has 0 aromatic heterocycles. The molecule has 1 aromatic rings. The molecule has 0 spiro atoms. The molecule has 0 radical (unpaired) electrons. The van der Waals surface area contributed by atoms with E-state index in [0.29, 0.717) is 5.11 Å². The van der Waals surface area contributed by atoms with Crippen molar-refractivity contribution >= 4 is 28.9 Å². The van der Waals surface area contributed by atoms with Crippen LogP contribution in [0.25, 0.3) is 0 Å². The number of amides is 1. The first-order chi connectivity index (χ1) is 8.41. The molecule has 18 heavy (non-hydrogen) atoms. The third kappa shape index (κ3) is 4.00. The van der Waals surface area contributed by atoms with Crippen molar-refractivity contribution in [2.75, 3.05) is 26.0 Å². The Morgan fingerprint density at radius 2 is 2.00 bits per heavy atom. The van der Waals surface area contributed by atoms with Gasteiger partial charge in [-0.15, -0.1) is 0 Å². The molecule has 1 aromatic carbocycles. The summed E-state index contributed by atoms with van der Waals surface area (Å²) < 4.78 is 0. The zero-order valence-corrected chi connectivity index (χ0v) is 12.0. The lowest BCUT2D eigenvalue weighted by Crippen LogP contribution is -2.38. The van der Waals surface area contributed by atoms with Crippen LogP contribution in [-0.4, -0.2) is 36.6 Å². The topological polar surface area (TPSA) is 44.4 Å². The second-order valence-electron chi connectivity index (χ2n) is 4.34. The lowest BCUT2D eigenvalue weighted by molar-refractivity contribution is -0.127. The Kier molecular flexibility index (Phi) is 5.09. The maximum Gasteiger partial charge on any atom is 0.241 e. The molecule has 0 bridgehead atoms. The summed E-state index contributed by atoms with van der Waals surface area (Å²) in [5, 5.41) is 6.44. The fourth-order valence-corrected chi connectivity index (χ4v) is 1.55.